The standard InChI is InChI=1S/C15H12N4O4S2/c20-12(17-14-16-5-6-24-14)8-25-15-19-18-13(23-15)11-7-21-9-3-1-2-4-10(9)22-11/h1-6,11H,7-8H2,(H,16,17,20)/t11-/m1/s1. The molecule has 1 aromatic carbocycles. The van der Waals surface area contributed by atoms with Crippen molar-refractivity contribution < 1.29 is 18.7 Å². The van der Waals surface area contributed by atoms with Crippen LogP contribution in [0.1, 0.15) is 12.0 Å². The molecule has 0 aliphatic carbocycles. The zero-order valence-corrected chi connectivity index (χ0v) is 14.4. The van der Waals surface area contributed by atoms with E-state index in [0.717, 1.165) is 11.8 Å². The summed E-state index contributed by atoms with van der Waals surface area (Å²) in [7, 11) is 0. The maximum absolute atomic E-state index is 11.8. The number of hydrogen-bond acceptors (Lipinski definition) is 9. The number of thiazole rings is 1. The van der Waals surface area contributed by atoms with Gasteiger partial charge in [-0.25, -0.2) is 4.98 Å². The molecule has 0 saturated heterocycles. The number of ether oxygens (including phenoxy) is 2. The average molecular weight is 376 g/mol. The minimum Gasteiger partial charge on any atom is -0.485 e. The number of nitrogens with zero attached hydrogens (tertiary/aromatic N) is 3. The van der Waals surface area contributed by atoms with Crippen LogP contribution >= 0.6 is 23.1 Å². The highest BCUT2D eigenvalue weighted by Gasteiger charge is 2.27. The van der Waals surface area contributed by atoms with Gasteiger partial charge in [-0.2, -0.15) is 0 Å². The molecule has 1 atom stereocenters. The molecule has 3 aromatic rings. The summed E-state index contributed by atoms with van der Waals surface area (Å²) in [5, 5.41) is 13.2. The molecular weight excluding hydrogens is 364 g/mol. The van der Waals surface area contributed by atoms with Crippen LogP contribution in [0.3, 0.4) is 0 Å². The van der Waals surface area contributed by atoms with Crippen LogP contribution in [0, 0.1) is 0 Å². The molecule has 25 heavy (non-hydrogen) atoms. The number of amides is 1. The highest BCUT2D eigenvalue weighted by Crippen LogP contribution is 2.35. The van der Waals surface area contributed by atoms with Gasteiger partial charge >= 0.3 is 0 Å². The van der Waals surface area contributed by atoms with Gasteiger partial charge in [0.2, 0.25) is 12.0 Å². The molecule has 0 saturated carbocycles. The van der Waals surface area contributed by atoms with E-state index in [1.165, 1.54) is 11.3 Å². The number of aromatic nitrogens is 3. The van der Waals surface area contributed by atoms with Crippen molar-refractivity contribution in [3.8, 4) is 11.5 Å². The summed E-state index contributed by atoms with van der Waals surface area (Å²) in [6, 6.07) is 7.39. The fraction of sp³-hybridized carbons (Fsp3) is 0.200. The van der Waals surface area contributed by atoms with Gasteiger partial charge in [-0.15, -0.1) is 21.5 Å². The monoisotopic (exact) mass is 376 g/mol. The Balaban J connectivity index is 1.34. The summed E-state index contributed by atoms with van der Waals surface area (Å²) >= 11 is 2.51. The first-order valence-electron chi connectivity index (χ1n) is 7.32. The van der Waals surface area contributed by atoms with Crippen molar-refractivity contribution >= 4 is 34.1 Å². The second kappa shape index (κ2) is 7.11. The van der Waals surface area contributed by atoms with E-state index < -0.39 is 6.10 Å². The number of carbonyl (C=O) groups excluding carboxylic acids is 1. The maximum atomic E-state index is 11.8. The van der Waals surface area contributed by atoms with Crippen LogP contribution in [-0.2, 0) is 4.79 Å². The lowest BCUT2D eigenvalue weighted by atomic mass is 10.2. The zero-order chi connectivity index (χ0) is 17.1. The van der Waals surface area contributed by atoms with Crippen LogP contribution in [0.25, 0.3) is 0 Å². The van der Waals surface area contributed by atoms with Crippen molar-refractivity contribution in [3.05, 3.63) is 41.7 Å². The van der Waals surface area contributed by atoms with Gasteiger partial charge in [0.1, 0.15) is 6.61 Å². The topological polar surface area (TPSA) is 99.4 Å². The molecule has 4 rings (SSSR count). The van der Waals surface area contributed by atoms with Crippen LogP contribution in [0.4, 0.5) is 5.13 Å². The molecule has 0 radical (unpaired) electrons. The van der Waals surface area contributed by atoms with Crippen molar-refractivity contribution in [2.24, 2.45) is 0 Å². The van der Waals surface area contributed by atoms with Gasteiger partial charge in [0.15, 0.2) is 16.6 Å². The number of thioether (sulfide) groups is 1. The summed E-state index contributed by atoms with van der Waals surface area (Å²) in [5.74, 6) is 1.59. The average Bonchev–Trinajstić information content (AvgIpc) is 3.31. The lowest BCUT2D eigenvalue weighted by Crippen LogP contribution is -2.21. The van der Waals surface area contributed by atoms with E-state index >= 15 is 0 Å². The Bertz CT molecular complexity index is 868. The van der Waals surface area contributed by atoms with Crippen LogP contribution in [0.15, 0.2) is 45.5 Å². The summed E-state index contributed by atoms with van der Waals surface area (Å²) in [6.07, 6.45) is 1.16. The summed E-state index contributed by atoms with van der Waals surface area (Å²) in [5.41, 5.74) is 0. The lowest BCUT2D eigenvalue weighted by Gasteiger charge is -2.23. The Labute approximate surface area is 150 Å². The molecule has 2 aromatic heterocycles. The van der Waals surface area contributed by atoms with E-state index in [0.29, 0.717) is 27.7 Å². The Morgan fingerprint density at radius 3 is 3.04 bits per heavy atom. The molecular formula is C15H12N4O4S2. The van der Waals surface area contributed by atoms with Gasteiger partial charge in [0.05, 0.1) is 5.75 Å². The van der Waals surface area contributed by atoms with Crippen LogP contribution in [0.2, 0.25) is 0 Å². The fourth-order valence-corrected chi connectivity index (χ4v) is 3.23. The molecule has 0 spiro atoms. The SMILES string of the molecule is O=C(CSc1nnc([C@H]2COc3ccccc3O2)o1)Nc1nccs1. The predicted molar refractivity (Wildman–Crippen MR) is 91.1 cm³/mol. The molecule has 0 fully saturated rings. The number of rotatable bonds is 5. The Kier molecular flexibility index (Phi) is 4.53. The molecule has 1 aliphatic rings. The molecule has 0 unspecified atom stereocenters. The predicted octanol–water partition coefficient (Wildman–Crippen LogP) is 2.77. The van der Waals surface area contributed by atoms with E-state index in [-0.39, 0.29) is 18.3 Å². The van der Waals surface area contributed by atoms with Gasteiger partial charge in [0, 0.05) is 11.6 Å². The van der Waals surface area contributed by atoms with Gasteiger partial charge in [0.25, 0.3) is 11.1 Å². The second-order valence-electron chi connectivity index (χ2n) is 4.94. The fourth-order valence-electron chi connectivity index (χ4n) is 2.12. The van der Waals surface area contributed by atoms with Crippen molar-refractivity contribution in [1.29, 1.82) is 0 Å². The van der Waals surface area contributed by atoms with Crippen LogP contribution in [-0.4, -0.2) is 33.4 Å². The maximum Gasteiger partial charge on any atom is 0.277 e. The number of benzene rings is 1. The molecule has 0 bridgehead atoms. The van der Waals surface area contributed by atoms with E-state index in [1.807, 2.05) is 24.3 Å². The zero-order valence-electron chi connectivity index (χ0n) is 12.7. The van der Waals surface area contributed by atoms with Crippen molar-refractivity contribution in [1.82, 2.24) is 15.2 Å². The van der Waals surface area contributed by atoms with Crippen LogP contribution in [0.5, 0.6) is 11.5 Å². The van der Waals surface area contributed by atoms with E-state index in [9.17, 15) is 4.79 Å². The van der Waals surface area contributed by atoms with Gasteiger partial charge in [-0.05, 0) is 12.1 Å². The van der Waals surface area contributed by atoms with Crippen molar-refractivity contribution in [2.75, 3.05) is 17.7 Å². The molecule has 1 aliphatic heterocycles. The smallest absolute Gasteiger partial charge is 0.277 e. The highest BCUT2D eigenvalue weighted by molar-refractivity contribution is 7.99. The number of carbonyl (C=O) groups is 1. The first kappa shape index (κ1) is 15.9. The van der Waals surface area contributed by atoms with Gasteiger partial charge < -0.3 is 19.2 Å². The third kappa shape index (κ3) is 3.74. The third-order valence-corrected chi connectivity index (χ3v) is 4.72. The Morgan fingerprint density at radius 1 is 1.32 bits per heavy atom. The molecule has 3 heterocycles. The van der Waals surface area contributed by atoms with Crippen LogP contribution < -0.4 is 14.8 Å². The first-order valence-corrected chi connectivity index (χ1v) is 9.18. The number of fused-ring (bicyclic) bond motifs is 1. The molecule has 8 nitrogen and oxygen atoms in total. The second-order valence-corrected chi connectivity index (χ2v) is 6.77. The Morgan fingerprint density at radius 2 is 2.20 bits per heavy atom. The van der Waals surface area contributed by atoms with Crippen molar-refractivity contribution in [3.63, 3.8) is 0 Å². The number of hydrogen-bond donors (Lipinski definition) is 1. The lowest BCUT2D eigenvalue weighted by molar-refractivity contribution is -0.113. The summed E-state index contributed by atoms with van der Waals surface area (Å²) in [4.78, 5) is 15.8. The Hall–Kier alpha value is -2.59. The minimum atomic E-state index is -0.471. The molecule has 1 N–H and O–H groups in total. The first-order chi connectivity index (χ1) is 12.3. The highest BCUT2D eigenvalue weighted by atomic mass is 32.2. The van der Waals surface area contributed by atoms with Crippen molar-refractivity contribution in [2.45, 2.75) is 11.3 Å². The largest absolute Gasteiger partial charge is 0.485 e. The summed E-state index contributed by atoms with van der Waals surface area (Å²) < 4.78 is 17.0. The van der Waals surface area contributed by atoms with E-state index in [1.54, 1.807) is 11.6 Å². The quantitative estimate of drug-likeness (QED) is 0.679. The molecule has 10 heteroatoms. The van der Waals surface area contributed by atoms with Gasteiger partial charge in [-0.1, -0.05) is 23.9 Å². The van der Waals surface area contributed by atoms with Gasteiger partial charge in [-0.3, -0.25) is 4.79 Å². The third-order valence-electron chi connectivity index (χ3n) is 3.21. The normalized spacial score (nSPS) is 15.8. The minimum absolute atomic E-state index is 0.145. The number of para-hydroxylation sites is 2. The molecule has 1 amide bonds. The summed E-state index contributed by atoms with van der Waals surface area (Å²) in [6.45, 7) is 0.286. The number of nitrogens with one attached hydrogen (secondary N) is 1. The van der Waals surface area contributed by atoms with E-state index in [4.69, 9.17) is 13.9 Å². The number of anilines is 1. The molecule has 128 valence electrons. The van der Waals surface area contributed by atoms with E-state index in [2.05, 4.69) is 20.5 Å².